The molecule has 0 saturated heterocycles. The van der Waals surface area contributed by atoms with Gasteiger partial charge in [0.2, 0.25) is 0 Å². The average molecular weight is 247 g/mol. The van der Waals surface area contributed by atoms with Crippen LogP contribution in [0.15, 0.2) is 0 Å². The Hall–Kier alpha value is -0.563. The molecule has 0 spiro atoms. The molecule has 0 saturated carbocycles. The number of hydrogen-bond acceptors (Lipinski definition) is 0. The fraction of sp³-hybridized carbons (Fsp3) is 0.625. The van der Waals surface area contributed by atoms with E-state index in [2.05, 4.69) is 48.1 Å². The topological polar surface area (TPSA) is 0 Å². The van der Waals surface area contributed by atoms with Crippen molar-refractivity contribution in [1.29, 1.82) is 0 Å². The van der Waals surface area contributed by atoms with E-state index in [0.29, 0.717) is 0 Å². The minimum atomic E-state index is -0.351. The lowest BCUT2D eigenvalue weighted by Crippen LogP contribution is -2.33. The molecule has 0 aliphatic heterocycles. The highest BCUT2D eigenvalue weighted by atomic mass is 28.3. The van der Waals surface area contributed by atoms with Crippen molar-refractivity contribution < 1.29 is 0 Å². The van der Waals surface area contributed by atoms with Crippen molar-refractivity contribution in [2.24, 2.45) is 0 Å². The molecule has 0 aromatic heterocycles. The molecule has 0 aliphatic rings. The van der Waals surface area contributed by atoms with Gasteiger partial charge in [-0.1, -0.05) is 37.5 Å². The lowest BCUT2D eigenvalue weighted by molar-refractivity contribution is 0.876. The van der Waals surface area contributed by atoms with Crippen LogP contribution in [0.3, 0.4) is 0 Å². The highest BCUT2D eigenvalue weighted by Crippen LogP contribution is 2.20. The summed E-state index contributed by atoms with van der Waals surface area (Å²) in [4.78, 5) is 0. The van der Waals surface area contributed by atoms with E-state index in [1.807, 2.05) is 0 Å². The maximum Gasteiger partial charge on any atom is 0.0831 e. The second-order valence-corrected chi connectivity index (χ2v) is 7.94. The van der Waals surface area contributed by atoms with Crippen LogP contribution < -0.4 is 5.19 Å². The van der Waals surface area contributed by atoms with E-state index in [9.17, 15) is 0 Å². The molecular formula is C16H27Si. The highest BCUT2D eigenvalue weighted by molar-refractivity contribution is 6.73. The normalized spacial score (nSPS) is 11.3. The molecule has 0 atom stereocenters. The third-order valence-electron chi connectivity index (χ3n) is 4.33. The monoisotopic (exact) mass is 247 g/mol. The third kappa shape index (κ3) is 2.82. The van der Waals surface area contributed by atoms with Crippen LogP contribution in [-0.4, -0.2) is 8.80 Å². The van der Waals surface area contributed by atoms with Crippen molar-refractivity contribution in [2.75, 3.05) is 0 Å². The summed E-state index contributed by atoms with van der Waals surface area (Å²) in [7, 11) is -0.351. The Bertz CT molecular complexity index is 375. The van der Waals surface area contributed by atoms with E-state index in [4.69, 9.17) is 0 Å². The fourth-order valence-corrected chi connectivity index (χ4v) is 5.50. The van der Waals surface area contributed by atoms with Gasteiger partial charge in [-0.05, 0) is 62.4 Å². The molecule has 0 unspecified atom stereocenters. The van der Waals surface area contributed by atoms with Gasteiger partial charge in [0, 0.05) is 0 Å². The largest absolute Gasteiger partial charge is 0.0831 e. The predicted octanol–water partition coefficient (Wildman–Crippen LogP) is 4.36. The summed E-state index contributed by atoms with van der Waals surface area (Å²) in [6.45, 7) is 16.3. The van der Waals surface area contributed by atoms with Gasteiger partial charge in [-0.3, -0.25) is 0 Å². The van der Waals surface area contributed by atoms with Crippen LogP contribution in [0.1, 0.15) is 47.6 Å². The summed E-state index contributed by atoms with van der Waals surface area (Å²) >= 11 is 0. The van der Waals surface area contributed by atoms with Crippen LogP contribution in [0, 0.1) is 34.6 Å². The lowest BCUT2D eigenvalue weighted by atomic mass is 9.95. The predicted molar refractivity (Wildman–Crippen MR) is 81.1 cm³/mol. The highest BCUT2D eigenvalue weighted by Gasteiger charge is 2.17. The van der Waals surface area contributed by atoms with E-state index in [1.165, 1.54) is 35.6 Å². The summed E-state index contributed by atoms with van der Waals surface area (Å²) in [5.41, 5.74) is 7.66. The molecule has 95 valence electrons. The maximum atomic E-state index is 2.49. The first-order chi connectivity index (χ1) is 7.91. The molecule has 1 aromatic rings. The van der Waals surface area contributed by atoms with E-state index < -0.39 is 0 Å². The third-order valence-corrected chi connectivity index (χ3v) is 7.04. The van der Waals surface area contributed by atoms with Gasteiger partial charge in [-0.2, -0.15) is 0 Å². The zero-order valence-electron chi connectivity index (χ0n) is 12.6. The van der Waals surface area contributed by atoms with Crippen molar-refractivity contribution in [2.45, 2.75) is 67.0 Å². The molecule has 0 fully saturated rings. The molecule has 1 rings (SSSR count). The van der Waals surface area contributed by atoms with Crippen LogP contribution >= 0.6 is 0 Å². The van der Waals surface area contributed by atoms with E-state index >= 15 is 0 Å². The Balaban J connectivity index is 3.24. The van der Waals surface area contributed by atoms with Crippen molar-refractivity contribution in [3.63, 3.8) is 0 Å². The van der Waals surface area contributed by atoms with Gasteiger partial charge in [0.25, 0.3) is 0 Å². The SMILES string of the molecule is CCCC[Si](C)c1c(C)c(C)c(C)c(C)c1C. The number of hydrogen-bond donors (Lipinski definition) is 0. The minimum Gasteiger partial charge on any atom is -0.0669 e. The Morgan fingerprint density at radius 1 is 0.765 bits per heavy atom. The first-order valence-corrected chi connectivity index (χ1v) is 9.02. The van der Waals surface area contributed by atoms with Crippen molar-refractivity contribution >= 4 is 14.0 Å². The Labute approximate surface area is 109 Å². The van der Waals surface area contributed by atoms with Crippen LogP contribution in [-0.2, 0) is 0 Å². The smallest absolute Gasteiger partial charge is 0.0669 e. The Morgan fingerprint density at radius 3 is 1.59 bits per heavy atom. The molecule has 1 radical (unpaired) electrons. The van der Waals surface area contributed by atoms with Crippen molar-refractivity contribution in [3.05, 3.63) is 27.8 Å². The zero-order chi connectivity index (χ0) is 13.2. The molecule has 0 amide bonds. The van der Waals surface area contributed by atoms with Crippen molar-refractivity contribution in [1.82, 2.24) is 0 Å². The molecule has 0 N–H and O–H groups in total. The van der Waals surface area contributed by atoms with E-state index in [1.54, 1.807) is 16.3 Å². The molecule has 17 heavy (non-hydrogen) atoms. The molecule has 0 heterocycles. The van der Waals surface area contributed by atoms with Crippen molar-refractivity contribution in [3.8, 4) is 0 Å². The number of benzene rings is 1. The number of unbranched alkanes of at least 4 members (excludes halogenated alkanes) is 1. The molecule has 0 nitrogen and oxygen atoms in total. The van der Waals surface area contributed by atoms with Gasteiger partial charge in [0.15, 0.2) is 0 Å². The molecule has 0 bridgehead atoms. The van der Waals surface area contributed by atoms with Gasteiger partial charge in [0.1, 0.15) is 0 Å². The standard InChI is InChI=1S/C16H27Si/c1-8-9-10-17(7)16-14(5)12(3)11(2)13(4)15(16)6/h8-10H2,1-7H3. The van der Waals surface area contributed by atoms with Gasteiger partial charge in [-0.25, -0.2) is 0 Å². The first kappa shape index (κ1) is 14.5. The minimum absolute atomic E-state index is 0.351. The second kappa shape index (κ2) is 5.86. The summed E-state index contributed by atoms with van der Waals surface area (Å²) in [6, 6.07) is 1.42. The Morgan fingerprint density at radius 2 is 1.18 bits per heavy atom. The van der Waals surface area contributed by atoms with E-state index in [-0.39, 0.29) is 8.80 Å². The first-order valence-electron chi connectivity index (χ1n) is 6.81. The lowest BCUT2D eigenvalue weighted by Gasteiger charge is -2.22. The van der Waals surface area contributed by atoms with Crippen LogP contribution in [0.25, 0.3) is 0 Å². The van der Waals surface area contributed by atoms with Gasteiger partial charge < -0.3 is 0 Å². The van der Waals surface area contributed by atoms with Gasteiger partial charge in [0.05, 0.1) is 8.80 Å². The quantitative estimate of drug-likeness (QED) is 0.694. The summed E-state index contributed by atoms with van der Waals surface area (Å²) in [5, 5.41) is 1.71. The molecular weight excluding hydrogens is 220 g/mol. The van der Waals surface area contributed by atoms with Crippen LogP contribution in [0.4, 0.5) is 0 Å². The maximum absolute atomic E-state index is 2.49. The summed E-state index contributed by atoms with van der Waals surface area (Å²) in [6.07, 6.45) is 2.71. The molecule has 1 aromatic carbocycles. The average Bonchev–Trinajstić information content (AvgIpc) is 2.31. The van der Waals surface area contributed by atoms with Gasteiger partial charge in [-0.15, -0.1) is 0 Å². The van der Waals surface area contributed by atoms with Gasteiger partial charge >= 0.3 is 0 Å². The molecule has 1 heteroatoms. The summed E-state index contributed by atoms with van der Waals surface area (Å²) in [5.74, 6) is 0. The van der Waals surface area contributed by atoms with Crippen LogP contribution in [0.5, 0.6) is 0 Å². The molecule has 0 aliphatic carbocycles. The fourth-order valence-electron chi connectivity index (χ4n) is 2.71. The van der Waals surface area contributed by atoms with Crippen LogP contribution in [0.2, 0.25) is 12.6 Å². The van der Waals surface area contributed by atoms with E-state index in [0.717, 1.165) is 0 Å². The summed E-state index contributed by atoms with van der Waals surface area (Å²) < 4.78 is 0. The zero-order valence-corrected chi connectivity index (χ0v) is 13.6. The number of rotatable bonds is 4. The Kier molecular flexibility index (Phi) is 5.00. The second-order valence-electron chi connectivity index (χ2n) is 5.38.